The summed E-state index contributed by atoms with van der Waals surface area (Å²) >= 11 is 0. The Morgan fingerprint density at radius 3 is 2.89 bits per heavy atom. The Balaban J connectivity index is 2.68. The van der Waals surface area contributed by atoms with Crippen molar-refractivity contribution >= 4 is 18.0 Å². The van der Waals surface area contributed by atoms with Gasteiger partial charge in [0.25, 0.3) is 5.69 Å². The third-order valence-corrected chi connectivity index (χ3v) is 2.41. The summed E-state index contributed by atoms with van der Waals surface area (Å²) in [5.74, 6) is -0.542. The Labute approximate surface area is 103 Å². The van der Waals surface area contributed by atoms with Crippen molar-refractivity contribution in [3.63, 3.8) is 0 Å². The molecule has 96 valence electrons. The van der Waals surface area contributed by atoms with E-state index in [0.29, 0.717) is 12.0 Å². The molecular formula is C11H13N3O4. The monoisotopic (exact) mass is 251 g/mol. The largest absolute Gasteiger partial charge is 0.277 e. The smallest absolute Gasteiger partial charge is 0.269 e. The molecule has 0 aliphatic heterocycles. The van der Waals surface area contributed by atoms with Crippen molar-refractivity contribution in [2.45, 2.75) is 19.3 Å². The molecule has 18 heavy (non-hydrogen) atoms. The first kappa shape index (κ1) is 13.6. The molecule has 1 atom stereocenters. The number of benzene rings is 1. The summed E-state index contributed by atoms with van der Waals surface area (Å²) in [5, 5.41) is 10.6. The van der Waals surface area contributed by atoms with Crippen LogP contribution in [0.15, 0.2) is 24.3 Å². The van der Waals surface area contributed by atoms with Gasteiger partial charge in [-0.2, -0.15) is 0 Å². The number of nitro benzene ring substituents is 1. The van der Waals surface area contributed by atoms with Crippen molar-refractivity contribution in [1.82, 2.24) is 10.9 Å². The van der Waals surface area contributed by atoms with Crippen molar-refractivity contribution in [3.05, 3.63) is 39.9 Å². The zero-order valence-electron chi connectivity index (χ0n) is 9.75. The Hall–Kier alpha value is -2.44. The van der Waals surface area contributed by atoms with Crippen molar-refractivity contribution in [2.24, 2.45) is 0 Å². The van der Waals surface area contributed by atoms with Crippen LogP contribution in [0.4, 0.5) is 5.69 Å². The van der Waals surface area contributed by atoms with E-state index in [-0.39, 0.29) is 23.9 Å². The van der Waals surface area contributed by atoms with E-state index in [4.69, 9.17) is 0 Å². The quantitative estimate of drug-likeness (QED) is 0.445. The van der Waals surface area contributed by atoms with Gasteiger partial charge in [-0.3, -0.25) is 30.6 Å². The molecule has 1 aromatic carbocycles. The predicted molar refractivity (Wildman–Crippen MR) is 63.5 cm³/mol. The van der Waals surface area contributed by atoms with E-state index in [1.807, 2.05) is 5.43 Å². The van der Waals surface area contributed by atoms with Crippen LogP contribution in [0.5, 0.6) is 0 Å². The SMILES string of the molecule is C[C@H](CC(=O)NNC=O)c1cccc([N+](=O)[O-])c1. The minimum Gasteiger partial charge on any atom is -0.277 e. The fourth-order valence-corrected chi connectivity index (χ4v) is 1.50. The zero-order valence-corrected chi connectivity index (χ0v) is 9.75. The summed E-state index contributed by atoms with van der Waals surface area (Å²) in [6.07, 6.45) is 0.484. The lowest BCUT2D eigenvalue weighted by atomic mass is 9.97. The van der Waals surface area contributed by atoms with Gasteiger partial charge in [0.15, 0.2) is 0 Å². The van der Waals surface area contributed by atoms with Crippen LogP contribution in [0.1, 0.15) is 24.8 Å². The van der Waals surface area contributed by atoms with Gasteiger partial charge in [-0.05, 0) is 11.5 Å². The number of nitrogens with one attached hydrogen (secondary N) is 2. The maximum Gasteiger partial charge on any atom is 0.269 e. The molecule has 1 aromatic rings. The van der Waals surface area contributed by atoms with Gasteiger partial charge in [0.05, 0.1) is 4.92 Å². The second-order valence-electron chi connectivity index (χ2n) is 3.77. The summed E-state index contributed by atoms with van der Waals surface area (Å²) < 4.78 is 0. The molecule has 1 rings (SSSR count). The first-order chi connectivity index (χ1) is 8.54. The van der Waals surface area contributed by atoms with Crippen LogP contribution in [-0.4, -0.2) is 17.2 Å². The second-order valence-corrected chi connectivity index (χ2v) is 3.77. The zero-order chi connectivity index (χ0) is 13.5. The van der Waals surface area contributed by atoms with E-state index in [9.17, 15) is 19.7 Å². The maximum atomic E-state index is 11.3. The standard InChI is InChI=1S/C11H13N3O4/c1-8(5-11(16)13-12-7-15)9-3-2-4-10(6-9)14(17)18/h2-4,6-8H,5H2,1H3,(H,12,15)(H,13,16)/t8-/m1/s1. The van der Waals surface area contributed by atoms with Crippen molar-refractivity contribution in [1.29, 1.82) is 0 Å². The molecule has 0 saturated carbocycles. The van der Waals surface area contributed by atoms with E-state index in [0.717, 1.165) is 0 Å². The van der Waals surface area contributed by atoms with Gasteiger partial charge in [-0.15, -0.1) is 0 Å². The number of carbonyl (C=O) groups is 2. The highest BCUT2D eigenvalue weighted by Gasteiger charge is 2.14. The summed E-state index contributed by atoms with van der Waals surface area (Å²) in [4.78, 5) is 31.5. The molecule has 0 fully saturated rings. The number of hydrogen-bond acceptors (Lipinski definition) is 4. The minimum absolute atomic E-state index is 0.00854. The van der Waals surface area contributed by atoms with Crippen LogP contribution in [0.2, 0.25) is 0 Å². The lowest BCUT2D eigenvalue weighted by Gasteiger charge is -2.11. The summed E-state index contributed by atoms with van der Waals surface area (Å²) in [5.41, 5.74) is 4.92. The van der Waals surface area contributed by atoms with Gasteiger partial charge < -0.3 is 0 Å². The lowest BCUT2D eigenvalue weighted by molar-refractivity contribution is -0.384. The highest BCUT2D eigenvalue weighted by atomic mass is 16.6. The second kappa shape index (κ2) is 6.33. The molecular weight excluding hydrogens is 238 g/mol. The van der Waals surface area contributed by atoms with Gasteiger partial charge in [0.2, 0.25) is 12.3 Å². The Morgan fingerprint density at radius 1 is 1.56 bits per heavy atom. The molecule has 0 spiro atoms. The highest BCUT2D eigenvalue weighted by Crippen LogP contribution is 2.22. The van der Waals surface area contributed by atoms with Gasteiger partial charge in [0.1, 0.15) is 0 Å². The average molecular weight is 251 g/mol. The topological polar surface area (TPSA) is 101 Å². The maximum absolute atomic E-state index is 11.3. The number of rotatable bonds is 6. The lowest BCUT2D eigenvalue weighted by Crippen LogP contribution is -2.36. The number of nitrogens with zero attached hydrogens (tertiary/aromatic N) is 1. The van der Waals surface area contributed by atoms with Gasteiger partial charge in [-0.1, -0.05) is 19.1 Å². The Kier molecular flexibility index (Phi) is 4.79. The van der Waals surface area contributed by atoms with Crippen LogP contribution in [0.25, 0.3) is 0 Å². The fraction of sp³-hybridized carbons (Fsp3) is 0.273. The average Bonchev–Trinajstić information content (AvgIpc) is 2.36. The van der Waals surface area contributed by atoms with Gasteiger partial charge in [-0.25, -0.2) is 0 Å². The van der Waals surface area contributed by atoms with Crippen molar-refractivity contribution in [2.75, 3.05) is 0 Å². The van der Waals surface area contributed by atoms with E-state index < -0.39 is 4.92 Å². The third-order valence-electron chi connectivity index (χ3n) is 2.41. The van der Waals surface area contributed by atoms with E-state index in [1.165, 1.54) is 12.1 Å². The molecule has 2 amide bonds. The van der Waals surface area contributed by atoms with Crippen LogP contribution in [0, 0.1) is 10.1 Å². The van der Waals surface area contributed by atoms with Gasteiger partial charge in [0, 0.05) is 18.6 Å². The van der Waals surface area contributed by atoms with Crippen LogP contribution < -0.4 is 10.9 Å². The predicted octanol–water partition coefficient (Wildman–Crippen LogP) is 0.866. The van der Waals surface area contributed by atoms with Crippen molar-refractivity contribution in [3.8, 4) is 0 Å². The number of nitro groups is 1. The number of hydrazine groups is 1. The normalized spacial score (nSPS) is 11.4. The van der Waals surface area contributed by atoms with Gasteiger partial charge >= 0.3 is 0 Å². The summed E-state index contributed by atoms with van der Waals surface area (Å²) in [7, 11) is 0. The molecule has 0 radical (unpaired) electrons. The molecule has 0 unspecified atom stereocenters. The fourth-order valence-electron chi connectivity index (χ4n) is 1.50. The van der Waals surface area contributed by atoms with Crippen LogP contribution in [0.3, 0.4) is 0 Å². The first-order valence-corrected chi connectivity index (χ1v) is 5.27. The summed E-state index contributed by atoms with van der Waals surface area (Å²) in [6.45, 7) is 1.78. The molecule has 7 nitrogen and oxygen atoms in total. The molecule has 0 aliphatic carbocycles. The molecule has 2 N–H and O–H groups in total. The number of amides is 2. The highest BCUT2D eigenvalue weighted by molar-refractivity contribution is 5.77. The minimum atomic E-state index is -0.482. The molecule has 0 saturated heterocycles. The van der Waals surface area contributed by atoms with E-state index in [2.05, 4.69) is 5.43 Å². The Morgan fingerprint density at radius 2 is 2.28 bits per heavy atom. The summed E-state index contributed by atoms with van der Waals surface area (Å²) in [6, 6.07) is 6.12. The number of non-ortho nitro benzene ring substituents is 1. The van der Waals surface area contributed by atoms with E-state index in [1.54, 1.807) is 19.1 Å². The molecule has 0 bridgehead atoms. The van der Waals surface area contributed by atoms with Crippen LogP contribution >= 0.6 is 0 Å². The number of hydrogen-bond donors (Lipinski definition) is 2. The molecule has 0 aliphatic rings. The first-order valence-electron chi connectivity index (χ1n) is 5.27. The molecule has 7 heteroatoms. The molecule has 0 aromatic heterocycles. The Bertz CT molecular complexity index is 461. The van der Waals surface area contributed by atoms with Crippen LogP contribution in [-0.2, 0) is 9.59 Å². The third kappa shape index (κ3) is 3.85. The van der Waals surface area contributed by atoms with Crippen molar-refractivity contribution < 1.29 is 14.5 Å². The number of carbonyl (C=O) groups excluding carboxylic acids is 2. The molecule has 0 heterocycles. The van der Waals surface area contributed by atoms with E-state index >= 15 is 0 Å².